The summed E-state index contributed by atoms with van der Waals surface area (Å²) in [7, 11) is -3.26. The van der Waals surface area contributed by atoms with E-state index in [1.54, 1.807) is 24.3 Å². The summed E-state index contributed by atoms with van der Waals surface area (Å²) in [4.78, 5) is 12.2. The average molecular weight is 395 g/mol. The predicted octanol–water partition coefficient (Wildman–Crippen LogP) is 3.02. The minimum absolute atomic E-state index is 0.199. The van der Waals surface area contributed by atoms with Gasteiger partial charge in [-0.15, -0.1) is 0 Å². The van der Waals surface area contributed by atoms with Gasteiger partial charge >= 0.3 is 0 Å². The number of fused-ring (bicyclic) bond motifs is 1. The number of amides is 1. The first-order chi connectivity index (χ1) is 10.8. The van der Waals surface area contributed by atoms with Crippen LogP contribution in [0.5, 0.6) is 0 Å². The highest BCUT2D eigenvalue weighted by Crippen LogP contribution is 2.32. The maximum atomic E-state index is 12.2. The second kappa shape index (κ2) is 5.98. The van der Waals surface area contributed by atoms with Gasteiger partial charge in [-0.1, -0.05) is 15.9 Å². The molecule has 3 rings (SSSR count). The van der Waals surface area contributed by atoms with E-state index in [4.69, 9.17) is 0 Å². The van der Waals surface area contributed by atoms with Crippen molar-refractivity contribution in [1.29, 1.82) is 0 Å². The lowest BCUT2D eigenvalue weighted by Crippen LogP contribution is -2.27. The molecule has 0 saturated heterocycles. The fourth-order valence-corrected chi connectivity index (χ4v) is 3.82. The predicted molar refractivity (Wildman–Crippen MR) is 94.4 cm³/mol. The van der Waals surface area contributed by atoms with Gasteiger partial charge in [0.2, 0.25) is 10.0 Å². The van der Waals surface area contributed by atoms with Gasteiger partial charge in [0, 0.05) is 22.3 Å². The summed E-state index contributed by atoms with van der Waals surface area (Å²) >= 11 is 3.33. The van der Waals surface area contributed by atoms with Crippen LogP contribution < -0.4 is 9.62 Å². The van der Waals surface area contributed by atoms with Gasteiger partial charge in [0.1, 0.15) is 0 Å². The van der Waals surface area contributed by atoms with Crippen molar-refractivity contribution in [3.63, 3.8) is 0 Å². The number of rotatable bonds is 3. The Morgan fingerprint density at radius 2 is 1.87 bits per heavy atom. The van der Waals surface area contributed by atoms with Crippen LogP contribution >= 0.6 is 15.9 Å². The summed E-state index contributed by atoms with van der Waals surface area (Å²) in [5.41, 5.74) is 2.83. The molecule has 120 valence electrons. The lowest BCUT2D eigenvalue weighted by molar-refractivity contribution is 0.102. The van der Waals surface area contributed by atoms with Gasteiger partial charge in [-0.2, -0.15) is 0 Å². The van der Waals surface area contributed by atoms with Crippen molar-refractivity contribution in [1.82, 2.24) is 0 Å². The van der Waals surface area contributed by atoms with Crippen molar-refractivity contribution < 1.29 is 13.2 Å². The van der Waals surface area contributed by atoms with Crippen LogP contribution in [0.15, 0.2) is 46.9 Å². The van der Waals surface area contributed by atoms with E-state index in [1.807, 2.05) is 18.2 Å². The topological polar surface area (TPSA) is 66.5 Å². The first kappa shape index (κ1) is 16.0. The van der Waals surface area contributed by atoms with E-state index in [0.717, 1.165) is 10.0 Å². The van der Waals surface area contributed by atoms with Gasteiger partial charge in [0.05, 0.1) is 11.9 Å². The van der Waals surface area contributed by atoms with Crippen molar-refractivity contribution in [3.8, 4) is 0 Å². The fourth-order valence-electron chi connectivity index (χ4n) is 2.60. The van der Waals surface area contributed by atoms with Gasteiger partial charge < -0.3 is 5.32 Å². The number of carbonyl (C=O) groups is 1. The van der Waals surface area contributed by atoms with Crippen LogP contribution in [-0.4, -0.2) is 27.1 Å². The highest BCUT2D eigenvalue weighted by molar-refractivity contribution is 9.10. The fraction of sp³-hybridized carbons (Fsp3) is 0.188. The molecule has 0 saturated carbocycles. The van der Waals surface area contributed by atoms with Crippen LogP contribution in [0.2, 0.25) is 0 Å². The lowest BCUT2D eigenvalue weighted by Gasteiger charge is -2.16. The monoisotopic (exact) mass is 394 g/mol. The largest absolute Gasteiger partial charge is 0.322 e. The molecule has 1 aliphatic heterocycles. The Labute approximate surface area is 143 Å². The third kappa shape index (κ3) is 3.40. The van der Waals surface area contributed by atoms with Gasteiger partial charge in [-0.3, -0.25) is 9.10 Å². The van der Waals surface area contributed by atoms with Crippen molar-refractivity contribution in [2.24, 2.45) is 0 Å². The van der Waals surface area contributed by atoms with Crippen molar-refractivity contribution in [2.45, 2.75) is 6.42 Å². The Hall–Kier alpha value is -1.86. The first-order valence-corrected chi connectivity index (χ1v) is 9.66. The van der Waals surface area contributed by atoms with Gasteiger partial charge in [-0.05, 0) is 54.4 Å². The van der Waals surface area contributed by atoms with Crippen LogP contribution in [0, 0.1) is 0 Å². The Morgan fingerprint density at radius 1 is 1.17 bits per heavy atom. The third-order valence-electron chi connectivity index (χ3n) is 3.70. The SMILES string of the molecule is CS(=O)(=O)N1CCc2cc(NC(=O)c3ccc(Br)cc3)ccc21. The van der Waals surface area contributed by atoms with Crippen LogP contribution in [0.1, 0.15) is 15.9 Å². The molecule has 1 aliphatic rings. The summed E-state index contributed by atoms with van der Waals surface area (Å²) in [6.45, 7) is 0.443. The number of carbonyl (C=O) groups excluding carboxylic acids is 1. The Kier molecular flexibility index (Phi) is 4.16. The highest BCUT2D eigenvalue weighted by atomic mass is 79.9. The van der Waals surface area contributed by atoms with E-state index >= 15 is 0 Å². The molecule has 0 bridgehead atoms. The number of halogens is 1. The molecule has 1 heterocycles. The summed E-state index contributed by atoms with van der Waals surface area (Å²) in [5.74, 6) is -0.199. The molecular weight excluding hydrogens is 380 g/mol. The maximum absolute atomic E-state index is 12.2. The summed E-state index contributed by atoms with van der Waals surface area (Å²) in [6, 6.07) is 12.4. The smallest absolute Gasteiger partial charge is 0.255 e. The minimum Gasteiger partial charge on any atom is -0.322 e. The zero-order valence-corrected chi connectivity index (χ0v) is 14.8. The molecule has 5 nitrogen and oxygen atoms in total. The summed E-state index contributed by atoms with van der Waals surface area (Å²) < 4.78 is 25.7. The number of nitrogens with one attached hydrogen (secondary N) is 1. The lowest BCUT2D eigenvalue weighted by atomic mass is 10.1. The quantitative estimate of drug-likeness (QED) is 0.869. The van der Waals surface area contributed by atoms with Crippen LogP contribution in [-0.2, 0) is 16.4 Å². The van der Waals surface area contributed by atoms with Crippen LogP contribution in [0.4, 0.5) is 11.4 Å². The molecule has 0 atom stereocenters. The summed E-state index contributed by atoms with van der Waals surface area (Å²) in [5, 5.41) is 2.84. The molecule has 0 radical (unpaired) electrons. The normalized spacial score (nSPS) is 13.7. The third-order valence-corrected chi connectivity index (χ3v) is 5.41. The number of benzene rings is 2. The van der Waals surface area contributed by atoms with Crippen molar-refractivity contribution >= 4 is 43.2 Å². The van der Waals surface area contributed by atoms with E-state index in [0.29, 0.717) is 29.9 Å². The van der Waals surface area contributed by atoms with Crippen LogP contribution in [0.3, 0.4) is 0 Å². The zero-order valence-electron chi connectivity index (χ0n) is 12.4. The van der Waals surface area contributed by atoms with Gasteiger partial charge in [0.15, 0.2) is 0 Å². The molecule has 0 spiro atoms. The standard InChI is InChI=1S/C16H15BrN2O3S/c1-23(21,22)19-9-8-12-10-14(6-7-15(12)19)18-16(20)11-2-4-13(17)5-3-11/h2-7,10H,8-9H2,1H3,(H,18,20). The number of sulfonamides is 1. The summed E-state index contributed by atoms with van der Waals surface area (Å²) in [6.07, 6.45) is 1.84. The second-order valence-corrected chi connectivity index (χ2v) is 8.21. The van der Waals surface area contributed by atoms with Crippen LogP contribution in [0.25, 0.3) is 0 Å². The number of nitrogens with zero attached hydrogens (tertiary/aromatic N) is 1. The van der Waals surface area contributed by atoms with E-state index in [9.17, 15) is 13.2 Å². The molecule has 2 aromatic carbocycles. The molecule has 23 heavy (non-hydrogen) atoms. The molecule has 0 fully saturated rings. The number of anilines is 2. The molecule has 0 aliphatic carbocycles. The first-order valence-electron chi connectivity index (χ1n) is 7.02. The molecule has 1 N–H and O–H groups in total. The molecule has 2 aromatic rings. The molecule has 0 aromatic heterocycles. The van der Waals surface area contributed by atoms with E-state index in [2.05, 4.69) is 21.2 Å². The minimum atomic E-state index is -3.26. The number of hydrogen-bond acceptors (Lipinski definition) is 3. The zero-order chi connectivity index (χ0) is 16.6. The van der Waals surface area contributed by atoms with Gasteiger partial charge in [-0.25, -0.2) is 8.42 Å². The Bertz CT molecular complexity index is 863. The molecular formula is C16H15BrN2O3S. The Balaban J connectivity index is 1.81. The van der Waals surface area contributed by atoms with E-state index in [-0.39, 0.29) is 5.91 Å². The molecule has 0 unspecified atom stereocenters. The Morgan fingerprint density at radius 3 is 2.52 bits per heavy atom. The molecule has 7 heteroatoms. The highest BCUT2D eigenvalue weighted by Gasteiger charge is 2.26. The maximum Gasteiger partial charge on any atom is 0.255 e. The van der Waals surface area contributed by atoms with Crippen molar-refractivity contribution in [3.05, 3.63) is 58.1 Å². The van der Waals surface area contributed by atoms with E-state index in [1.165, 1.54) is 10.6 Å². The molecule has 1 amide bonds. The number of hydrogen-bond donors (Lipinski definition) is 1. The van der Waals surface area contributed by atoms with Crippen molar-refractivity contribution in [2.75, 3.05) is 22.4 Å². The average Bonchev–Trinajstić information content (AvgIpc) is 2.91. The van der Waals surface area contributed by atoms with E-state index < -0.39 is 10.0 Å². The van der Waals surface area contributed by atoms with Gasteiger partial charge in [0.25, 0.3) is 5.91 Å². The second-order valence-electron chi connectivity index (χ2n) is 5.39.